The zero-order chi connectivity index (χ0) is 16.2. The molecule has 6 nitrogen and oxygen atoms in total. The molecule has 3 rings (SSSR count). The Labute approximate surface area is 133 Å². The lowest BCUT2D eigenvalue weighted by molar-refractivity contribution is -0.136. The molecule has 0 aliphatic heterocycles. The normalized spacial score (nSPS) is 10.5. The van der Waals surface area contributed by atoms with Crippen molar-refractivity contribution >= 4 is 17.5 Å². The third-order valence-electron chi connectivity index (χ3n) is 3.29. The molecule has 6 heteroatoms. The molecule has 0 unspecified atom stereocenters. The summed E-state index contributed by atoms with van der Waals surface area (Å²) >= 11 is 0. The van der Waals surface area contributed by atoms with Gasteiger partial charge in [0.1, 0.15) is 0 Å². The van der Waals surface area contributed by atoms with Gasteiger partial charge >= 0.3 is 5.97 Å². The first-order valence-electron chi connectivity index (χ1n) is 7.15. The number of hydrogen-bond acceptors (Lipinski definition) is 4. The van der Waals surface area contributed by atoms with Crippen LogP contribution in [0, 0.1) is 6.92 Å². The van der Waals surface area contributed by atoms with Crippen LogP contribution in [0.15, 0.2) is 55.1 Å². The number of nitrogens with one attached hydrogen (secondary N) is 1. The summed E-state index contributed by atoms with van der Waals surface area (Å²) in [4.78, 5) is 19.4. The minimum absolute atomic E-state index is 0.0122. The lowest BCUT2D eigenvalue weighted by Gasteiger charge is -2.08. The SMILES string of the molecule is Cc1cccc(Nc2cncc(-n3ccc(CC(=O)O)c3)n2)c1. The smallest absolute Gasteiger partial charge is 0.307 e. The predicted molar refractivity (Wildman–Crippen MR) is 87.2 cm³/mol. The highest BCUT2D eigenvalue weighted by atomic mass is 16.4. The number of carboxylic acid groups (broad SMARTS) is 1. The van der Waals surface area contributed by atoms with E-state index in [1.54, 1.807) is 35.4 Å². The maximum atomic E-state index is 10.8. The van der Waals surface area contributed by atoms with E-state index in [0.29, 0.717) is 11.6 Å². The van der Waals surface area contributed by atoms with Gasteiger partial charge in [0.25, 0.3) is 0 Å². The van der Waals surface area contributed by atoms with Gasteiger partial charge in [0.05, 0.1) is 18.8 Å². The maximum absolute atomic E-state index is 10.8. The molecule has 0 aliphatic rings. The number of benzene rings is 1. The Hall–Kier alpha value is -3.15. The molecule has 2 heterocycles. The molecule has 3 aromatic rings. The summed E-state index contributed by atoms with van der Waals surface area (Å²) in [5.41, 5.74) is 2.81. The topological polar surface area (TPSA) is 80.0 Å². The number of hydrogen-bond donors (Lipinski definition) is 2. The van der Waals surface area contributed by atoms with E-state index in [1.165, 1.54) is 0 Å². The van der Waals surface area contributed by atoms with Crippen LogP contribution >= 0.6 is 0 Å². The number of aryl methyl sites for hydroxylation is 1. The number of carboxylic acids is 1. The Morgan fingerprint density at radius 1 is 1.30 bits per heavy atom. The van der Waals surface area contributed by atoms with Gasteiger partial charge in [-0.2, -0.15) is 0 Å². The van der Waals surface area contributed by atoms with Crippen LogP contribution in [0.1, 0.15) is 11.1 Å². The van der Waals surface area contributed by atoms with Gasteiger partial charge in [-0.05, 0) is 36.2 Å². The first-order chi connectivity index (χ1) is 11.1. The number of carbonyl (C=O) groups is 1. The monoisotopic (exact) mass is 308 g/mol. The van der Waals surface area contributed by atoms with Gasteiger partial charge in [-0.25, -0.2) is 4.98 Å². The van der Waals surface area contributed by atoms with Crippen LogP contribution in [0.4, 0.5) is 11.5 Å². The second kappa shape index (κ2) is 6.31. The lowest BCUT2D eigenvalue weighted by atomic mass is 10.2. The predicted octanol–water partition coefficient (Wildman–Crippen LogP) is 2.95. The molecule has 0 atom stereocenters. The minimum atomic E-state index is -0.858. The molecule has 2 N–H and O–H groups in total. The Morgan fingerprint density at radius 3 is 2.96 bits per heavy atom. The molecule has 23 heavy (non-hydrogen) atoms. The van der Waals surface area contributed by atoms with Crippen molar-refractivity contribution in [3.63, 3.8) is 0 Å². The molecule has 0 saturated carbocycles. The maximum Gasteiger partial charge on any atom is 0.307 e. The lowest BCUT2D eigenvalue weighted by Crippen LogP contribution is -2.01. The molecular weight excluding hydrogens is 292 g/mol. The highest BCUT2D eigenvalue weighted by molar-refractivity contribution is 5.70. The molecule has 0 saturated heterocycles. The summed E-state index contributed by atoms with van der Waals surface area (Å²) in [5.74, 6) is 0.393. The van der Waals surface area contributed by atoms with Gasteiger partial charge in [0.2, 0.25) is 0 Å². The van der Waals surface area contributed by atoms with Gasteiger partial charge in [-0.3, -0.25) is 9.78 Å². The van der Waals surface area contributed by atoms with Crippen LogP contribution in [0.5, 0.6) is 0 Å². The second-order valence-corrected chi connectivity index (χ2v) is 5.25. The van der Waals surface area contributed by atoms with E-state index in [9.17, 15) is 4.79 Å². The van der Waals surface area contributed by atoms with E-state index >= 15 is 0 Å². The Balaban J connectivity index is 1.82. The number of rotatable bonds is 5. The van der Waals surface area contributed by atoms with Crippen molar-refractivity contribution in [2.24, 2.45) is 0 Å². The molecule has 0 fully saturated rings. The average Bonchev–Trinajstić information content (AvgIpc) is 2.95. The molecule has 116 valence electrons. The van der Waals surface area contributed by atoms with Crippen LogP contribution in [0.2, 0.25) is 0 Å². The van der Waals surface area contributed by atoms with Crippen molar-refractivity contribution in [1.82, 2.24) is 14.5 Å². The van der Waals surface area contributed by atoms with Crippen LogP contribution in [-0.2, 0) is 11.2 Å². The third-order valence-corrected chi connectivity index (χ3v) is 3.29. The standard InChI is InChI=1S/C17H16N4O2/c1-12-3-2-4-14(7-12)19-15-9-18-10-16(20-15)21-6-5-13(11-21)8-17(22)23/h2-7,9-11H,8H2,1H3,(H,19,20)(H,22,23). The van der Waals surface area contributed by atoms with Gasteiger partial charge < -0.3 is 15.0 Å². The molecule has 0 amide bonds. The Morgan fingerprint density at radius 2 is 2.17 bits per heavy atom. The van der Waals surface area contributed by atoms with Gasteiger partial charge in [-0.1, -0.05) is 12.1 Å². The van der Waals surface area contributed by atoms with Gasteiger partial charge in [0.15, 0.2) is 11.6 Å². The average molecular weight is 308 g/mol. The largest absolute Gasteiger partial charge is 0.481 e. The van der Waals surface area contributed by atoms with E-state index in [2.05, 4.69) is 15.3 Å². The molecule has 1 aromatic carbocycles. The Bertz CT molecular complexity index is 842. The third kappa shape index (κ3) is 3.74. The second-order valence-electron chi connectivity index (χ2n) is 5.25. The van der Waals surface area contributed by atoms with Crippen molar-refractivity contribution in [3.05, 3.63) is 66.2 Å². The summed E-state index contributed by atoms with van der Waals surface area (Å²) in [6.45, 7) is 2.02. The van der Waals surface area contributed by atoms with Crippen molar-refractivity contribution in [2.45, 2.75) is 13.3 Å². The minimum Gasteiger partial charge on any atom is -0.481 e. The molecule has 0 spiro atoms. The summed E-state index contributed by atoms with van der Waals surface area (Å²) in [5, 5.41) is 12.0. The van der Waals surface area contributed by atoms with Crippen molar-refractivity contribution in [1.29, 1.82) is 0 Å². The fourth-order valence-corrected chi connectivity index (χ4v) is 2.27. The molecule has 0 bridgehead atoms. The van der Waals surface area contributed by atoms with Crippen LogP contribution < -0.4 is 5.32 Å². The van der Waals surface area contributed by atoms with Crippen LogP contribution in [0.25, 0.3) is 5.82 Å². The molecule has 0 radical (unpaired) electrons. The van der Waals surface area contributed by atoms with E-state index in [0.717, 1.165) is 16.8 Å². The quantitative estimate of drug-likeness (QED) is 0.757. The van der Waals surface area contributed by atoms with E-state index < -0.39 is 5.97 Å². The summed E-state index contributed by atoms with van der Waals surface area (Å²) in [7, 11) is 0. The summed E-state index contributed by atoms with van der Waals surface area (Å²) < 4.78 is 1.76. The van der Waals surface area contributed by atoms with Crippen molar-refractivity contribution < 1.29 is 9.90 Å². The van der Waals surface area contributed by atoms with Crippen molar-refractivity contribution in [3.8, 4) is 5.82 Å². The fourth-order valence-electron chi connectivity index (χ4n) is 2.27. The van der Waals surface area contributed by atoms with E-state index in [1.807, 2.05) is 31.2 Å². The fraction of sp³-hybridized carbons (Fsp3) is 0.118. The summed E-state index contributed by atoms with van der Waals surface area (Å²) in [6, 6.07) is 9.74. The number of aromatic nitrogens is 3. The number of aliphatic carboxylic acids is 1. The van der Waals surface area contributed by atoms with Crippen molar-refractivity contribution in [2.75, 3.05) is 5.32 Å². The Kier molecular flexibility index (Phi) is 4.05. The van der Waals surface area contributed by atoms with Gasteiger partial charge in [-0.15, -0.1) is 0 Å². The number of anilines is 2. The number of nitrogens with zero attached hydrogens (tertiary/aromatic N) is 3. The highest BCUT2D eigenvalue weighted by Crippen LogP contribution is 2.17. The molecule has 2 aromatic heterocycles. The van der Waals surface area contributed by atoms with E-state index in [4.69, 9.17) is 5.11 Å². The zero-order valence-corrected chi connectivity index (χ0v) is 12.6. The van der Waals surface area contributed by atoms with E-state index in [-0.39, 0.29) is 6.42 Å². The first-order valence-corrected chi connectivity index (χ1v) is 7.15. The molecular formula is C17H16N4O2. The molecule has 0 aliphatic carbocycles. The first kappa shape index (κ1) is 14.8. The van der Waals surface area contributed by atoms with Crippen LogP contribution in [-0.4, -0.2) is 25.6 Å². The summed E-state index contributed by atoms with van der Waals surface area (Å²) in [6.07, 6.45) is 6.79. The highest BCUT2D eigenvalue weighted by Gasteiger charge is 2.06. The zero-order valence-electron chi connectivity index (χ0n) is 12.6. The van der Waals surface area contributed by atoms with Gasteiger partial charge in [0, 0.05) is 18.1 Å². The van der Waals surface area contributed by atoms with Crippen LogP contribution in [0.3, 0.4) is 0 Å².